The average molecular weight is 545 g/mol. The van der Waals surface area contributed by atoms with Crippen LogP contribution in [0.5, 0.6) is 0 Å². The lowest BCUT2D eigenvalue weighted by molar-refractivity contribution is 0.0767. The van der Waals surface area contributed by atoms with Gasteiger partial charge in [-0.3, -0.25) is 4.79 Å². The number of likely N-dealkylation sites (tertiary alicyclic amines) is 1. The molecule has 0 bridgehead atoms. The number of aromatic nitrogens is 1. The van der Waals surface area contributed by atoms with Gasteiger partial charge in [0.1, 0.15) is 5.82 Å². The lowest BCUT2D eigenvalue weighted by Crippen LogP contribution is -2.54. The molecule has 0 radical (unpaired) electrons. The van der Waals surface area contributed by atoms with E-state index in [0.717, 1.165) is 68.3 Å². The predicted molar refractivity (Wildman–Crippen MR) is 148 cm³/mol. The number of β-amino-alcohol motifs (C(OH)–C–C–N with tert-alkyl or cyclic N) is 1. The Morgan fingerprint density at radius 3 is 2.68 bits per heavy atom. The Hall–Kier alpha value is -2.06. The summed E-state index contributed by atoms with van der Waals surface area (Å²) in [5, 5.41) is 14.1. The van der Waals surface area contributed by atoms with Crippen molar-refractivity contribution in [1.29, 1.82) is 0 Å². The van der Waals surface area contributed by atoms with Crippen molar-refractivity contribution in [1.82, 2.24) is 14.8 Å². The summed E-state index contributed by atoms with van der Waals surface area (Å²) in [5.41, 5.74) is 3.36. The zero-order chi connectivity index (χ0) is 25.7. The topological polar surface area (TPSA) is 71.9 Å². The van der Waals surface area contributed by atoms with E-state index in [1.54, 1.807) is 6.07 Å². The molecular weight excluding hydrogens is 509 g/mol. The van der Waals surface area contributed by atoms with Gasteiger partial charge < -0.3 is 25.1 Å². The van der Waals surface area contributed by atoms with Crippen LogP contribution >= 0.6 is 23.2 Å². The van der Waals surface area contributed by atoms with Crippen LogP contribution in [-0.2, 0) is 6.54 Å². The first-order valence-corrected chi connectivity index (χ1v) is 14.3. The highest BCUT2D eigenvalue weighted by Crippen LogP contribution is 2.41. The maximum Gasteiger partial charge on any atom is 0.258 e. The number of fused-ring (bicyclic) bond motifs is 1. The summed E-state index contributed by atoms with van der Waals surface area (Å²) in [4.78, 5) is 25.2. The van der Waals surface area contributed by atoms with Gasteiger partial charge in [0.2, 0.25) is 0 Å². The molecule has 37 heavy (non-hydrogen) atoms. The number of nitrogens with zero attached hydrogens (tertiary/aromatic N) is 4. The molecule has 7 nitrogen and oxygen atoms in total. The molecule has 2 N–H and O–H groups in total. The van der Waals surface area contributed by atoms with Gasteiger partial charge in [0, 0.05) is 48.3 Å². The number of piperidine rings is 1. The molecule has 3 aliphatic heterocycles. The molecule has 4 aliphatic rings. The quantitative estimate of drug-likeness (QED) is 0.497. The number of nitrogens with one attached hydrogen (secondary N) is 1. The van der Waals surface area contributed by atoms with Crippen LogP contribution in [0.2, 0.25) is 10.0 Å². The minimum Gasteiger partial charge on any atom is -0.395 e. The minimum absolute atomic E-state index is 0.0844. The molecule has 9 heteroatoms. The van der Waals surface area contributed by atoms with Crippen molar-refractivity contribution in [3.05, 3.63) is 51.1 Å². The van der Waals surface area contributed by atoms with Crippen molar-refractivity contribution in [2.24, 2.45) is 11.8 Å². The van der Waals surface area contributed by atoms with Crippen molar-refractivity contribution >= 4 is 40.6 Å². The van der Waals surface area contributed by atoms with Crippen LogP contribution in [0.25, 0.3) is 0 Å². The van der Waals surface area contributed by atoms with Gasteiger partial charge >= 0.3 is 0 Å². The zero-order valence-electron chi connectivity index (χ0n) is 21.3. The highest BCUT2D eigenvalue weighted by molar-refractivity contribution is 6.35. The second-order valence-electron chi connectivity index (χ2n) is 11.1. The monoisotopic (exact) mass is 543 g/mol. The molecule has 1 aromatic carbocycles. The Balaban J connectivity index is 1.23. The number of hydrogen-bond donors (Lipinski definition) is 2. The first-order valence-electron chi connectivity index (χ1n) is 13.6. The van der Waals surface area contributed by atoms with Crippen LogP contribution < -0.4 is 10.2 Å². The van der Waals surface area contributed by atoms with Gasteiger partial charge in [-0.1, -0.05) is 29.3 Å². The van der Waals surface area contributed by atoms with Crippen LogP contribution in [0.3, 0.4) is 0 Å². The number of pyridine rings is 1. The number of rotatable bonds is 8. The Bertz CT molecular complexity index is 1180. The second kappa shape index (κ2) is 10.3. The third-order valence-electron chi connectivity index (χ3n) is 8.52. The largest absolute Gasteiger partial charge is 0.395 e. The molecule has 0 unspecified atom stereocenters. The van der Waals surface area contributed by atoms with E-state index in [2.05, 4.69) is 28.1 Å². The summed E-state index contributed by atoms with van der Waals surface area (Å²) in [6, 6.07) is 7.84. The lowest BCUT2D eigenvalue weighted by atomic mass is 9.80. The fourth-order valence-electron chi connectivity index (χ4n) is 6.25. The molecule has 2 atom stereocenters. The molecule has 3 fully saturated rings. The van der Waals surface area contributed by atoms with Gasteiger partial charge in [0.15, 0.2) is 0 Å². The van der Waals surface area contributed by atoms with Crippen molar-refractivity contribution in [3.8, 4) is 0 Å². The molecule has 1 saturated carbocycles. The number of aliphatic hydroxyl groups is 1. The Morgan fingerprint density at radius 1 is 1.14 bits per heavy atom. The Labute approximate surface area is 228 Å². The number of aliphatic hydroxyl groups excluding tert-OH is 1. The SMILES string of the molecule is C[C@@H](Nc1cc(N2CC([C@H]3CCCN(CCO)C3)C2)nc2c1C(=O)N(C1CC1)C2)c1ccc(Cl)cc1Cl. The number of carbonyl (C=O) groups excluding carboxylic acids is 1. The highest BCUT2D eigenvalue weighted by Gasteiger charge is 2.42. The lowest BCUT2D eigenvalue weighted by Gasteiger charge is -2.47. The minimum atomic E-state index is -0.101. The van der Waals surface area contributed by atoms with Gasteiger partial charge in [0.05, 0.1) is 36.1 Å². The molecule has 1 amide bonds. The summed E-state index contributed by atoms with van der Waals surface area (Å²) in [6.45, 7) is 7.80. The molecular formula is C28H35Cl2N5O2. The second-order valence-corrected chi connectivity index (χ2v) is 12.0. The molecule has 2 saturated heterocycles. The summed E-state index contributed by atoms with van der Waals surface area (Å²) in [5.74, 6) is 2.34. The molecule has 1 aromatic heterocycles. The van der Waals surface area contributed by atoms with Crippen LogP contribution in [0.1, 0.15) is 60.3 Å². The van der Waals surface area contributed by atoms with Crippen LogP contribution in [-0.4, -0.2) is 71.2 Å². The Kier molecular flexibility index (Phi) is 6.99. The molecule has 1 aliphatic carbocycles. The van der Waals surface area contributed by atoms with Crippen molar-refractivity contribution in [2.75, 3.05) is 49.5 Å². The van der Waals surface area contributed by atoms with Crippen LogP contribution in [0, 0.1) is 11.8 Å². The number of benzene rings is 1. The first-order chi connectivity index (χ1) is 17.9. The highest BCUT2D eigenvalue weighted by atomic mass is 35.5. The normalized spacial score (nSPS) is 23.2. The summed E-state index contributed by atoms with van der Waals surface area (Å²) < 4.78 is 0. The maximum absolute atomic E-state index is 13.4. The summed E-state index contributed by atoms with van der Waals surface area (Å²) in [7, 11) is 0. The predicted octanol–water partition coefficient (Wildman–Crippen LogP) is 4.82. The van der Waals surface area contributed by atoms with Gasteiger partial charge in [-0.25, -0.2) is 4.98 Å². The fraction of sp³-hybridized carbons (Fsp3) is 0.571. The molecule has 6 rings (SSSR count). The summed E-state index contributed by atoms with van der Waals surface area (Å²) in [6.07, 6.45) is 4.62. The first kappa shape index (κ1) is 25.2. The van der Waals surface area contributed by atoms with E-state index in [4.69, 9.17) is 28.2 Å². The van der Waals surface area contributed by atoms with E-state index in [1.807, 2.05) is 17.0 Å². The zero-order valence-corrected chi connectivity index (χ0v) is 22.8. The number of hydrogen-bond acceptors (Lipinski definition) is 6. The molecule has 4 heterocycles. The maximum atomic E-state index is 13.4. The van der Waals surface area contributed by atoms with Gasteiger partial charge in [-0.2, -0.15) is 0 Å². The average Bonchev–Trinajstić information content (AvgIpc) is 3.62. The number of amides is 1. The molecule has 198 valence electrons. The molecule has 2 aromatic rings. The van der Waals surface area contributed by atoms with Crippen LogP contribution in [0.4, 0.5) is 11.5 Å². The van der Waals surface area contributed by atoms with E-state index >= 15 is 0 Å². The number of carbonyl (C=O) groups is 1. The third-order valence-corrected chi connectivity index (χ3v) is 9.09. The van der Waals surface area contributed by atoms with Crippen molar-refractivity contribution in [2.45, 2.75) is 51.2 Å². The standard InChI is InChI=1S/C28H35Cl2N5O2/c1-17(22-7-4-20(29)11-23(22)30)31-24-12-26(32-25-16-35(21-5-6-21)28(37)27(24)25)34-14-19(15-34)18-3-2-8-33(13-18)9-10-36/h4,7,11-12,17-19,21,36H,2-3,5-6,8-10,13-16H2,1H3,(H,31,32)/t17-,18+/m1/s1. The van der Waals surface area contributed by atoms with E-state index in [1.165, 1.54) is 12.8 Å². The third kappa shape index (κ3) is 5.03. The van der Waals surface area contributed by atoms with E-state index in [9.17, 15) is 9.90 Å². The van der Waals surface area contributed by atoms with Crippen LogP contribution in [0.15, 0.2) is 24.3 Å². The van der Waals surface area contributed by atoms with E-state index in [-0.39, 0.29) is 18.6 Å². The summed E-state index contributed by atoms with van der Waals surface area (Å²) >= 11 is 12.6. The number of anilines is 2. The Morgan fingerprint density at radius 2 is 1.95 bits per heavy atom. The van der Waals surface area contributed by atoms with Gasteiger partial charge in [-0.15, -0.1) is 0 Å². The van der Waals surface area contributed by atoms with Gasteiger partial charge in [0.25, 0.3) is 5.91 Å². The van der Waals surface area contributed by atoms with Gasteiger partial charge in [-0.05, 0) is 68.7 Å². The van der Waals surface area contributed by atoms with E-state index in [0.29, 0.717) is 40.0 Å². The number of halogens is 2. The smallest absolute Gasteiger partial charge is 0.258 e. The van der Waals surface area contributed by atoms with E-state index < -0.39 is 0 Å². The fourth-order valence-corrected chi connectivity index (χ4v) is 6.82. The van der Waals surface area contributed by atoms with Crippen molar-refractivity contribution in [3.63, 3.8) is 0 Å². The molecule has 0 spiro atoms. The van der Waals surface area contributed by atoms with Crippen molar-refractivity contribution < 1.29 is 9.90 Å².